The Morgan fingerprint density at radius 1 is 1.10 bits per heavy atom. The van der Waals surface area contributed by atoms with Crippen molar-refractivity contribution in [2.75, 3.05) is 42.8 Å². The summed E-state index contributed by atoms with van der Waals surface area (Å²) >= 11 is 0. The number of ether oxygens (including phenoxy) is 1. The Hall–Kier alpha value is -2.01. The Morgan fingerprint density at radius 3 is 2.60 bits per heavy atom. The Balaban J connectivity index is 0.00000320. The lowest BCUT2D eigenvalue weighted by atomic mass is 10.2. The molecule has 2 aromatic carbocycles. The summed E-state index contributed by atoms with van der Waals surface area (Å²) in [5, 5.41) is 6.30. The number of benzene rings is 2. The number of guanidine groups is 1. The van der Waals surface area contributed by atoms with Crippen LogP contribution >= 0.6 is 24.0 Å². The number of fused-ring (bicyclic) bond motifs is 1. The number of nitrogens with one attached hydrogen (secondary N) is 2. The number of nitrogens with zero attached hydrogens (tertiary/aromatic N) is 2. The van der Waals surface area contributed by atoms with Crippen molar-refractivity contribution in [3.05, 3.63) is 60.2 Å². The largest absolute Gasteiger partial charge is 0.492 e. The Bertz CT molecular complexity index is 923. The van der Waals surface area contributed by atoms with E-state index in [2.05, 4.69) is 15.6 Å². The molecule has 30 heavy (non-hydrogen) atoms. The van der Waals surface area contributed by atoms with Gasteiger partial charge in [0.05, 0.1) is 24.5 Å². The van der Waals surface area contributed by atoms with Crippen LogP contribution in [0.25, 0.3) is 0 Å². The summed E-state index contributed by atoms with van der Waals surface area (Å²) in [6.07, 6.45) is 0.754. The third-order valence-electron chi connectivity index (χ3n) is 4.55. The summed E-state index contributed by atoms with van der Waals surface area (Å²) in [4.78, 5) is 4.40. The van der Waals surface area contributed by atoms with Crippen LogP contribution in [0.5, 0.6) is 5.75 Å². The van der Waals surface area contributed by atoms with Crippen LogP contribution in [0.3, 0.4) is 0 Å². The van der Waals surface area contributed by atoms with E-state index in [0.717, 1.165) is 23.4 Å². The highest BCUT2D eigenvalue weighted by molar-refractivity contribution is 14.0. The van der Waals surface area contributed by atoms with E-state index in [-0.39, 0.29) is 36.3 Å². The molecule has 164 valence electrons. The summed E-state index contributed by atoms with van der Waals surface area (Å²) in [5.74, 6) is 1.37. The lowest BCUT2D eigenvalue weighted by Gasteiger charge is -2.19. The van der Waals surface area contributed by atoms with Crippen LogP contribution < -0.4 is 19.7 Å². The summed E-state index contributed by atoms with van der Waals surface area (Å²) < 4.78 is 32.6. The number of hydrogen-bond acceptors (Lipinski definition) is 4. The van der Waals surface area contributed by atoms with Gasteiger partial charge in [0, 0.05) is 13.1 Å². The highest BCUT2D eigenvalue weighted by atomic mass is 127. The lowest BCUT2D eigenvalue weighted by Crippen LogP contribution is -2.40. The molecule has 0 saturated carbocycles. The normalized spacial score (nSPS) is 13.4. The first-order valence-electron chi connectivity index (χ1n) is 9.88. The predicted octanol–water partition coefficient (Wildman–Crippen LogP) is 2.63. The molecule has 9 heteroatoms. The van der Waals surface area contributed by atoms with Crippen molar-refractivity contribution in [2.45, 2.75) is 13.3 Å². The van der Waals surface area contributed by atoms with E-state index in [4.69, 9.17) is 4.74 Å². The molecular weight excluding hydrogens is 515 g/mol. The van der Waals surface area contributed by atoms with E-state index in [9.17, 15) is 8.42 Å². The monoisotopic (exact) mass is 544 g/mol. The first kappa shape index (κ1) is 24.3. The lowest BCUT2D eigenvalue weighted by molar-refractivity contribution is 0.322. The number of anilines is 1. The van der Waals surface area contributed by atoms with Gasteiger partial charge in [-0.3, -0.25) is 9.30 Å². The van der Waals surface area contributed by atoms with E-state index >= 15 is 0 Å². The third-order valence-corrected chi connectivity index (χ3v) is 6.30. The van der Waals surface area contributed by atoms with Gasteiger partial charge in [-0.05, 0) is 37.1 Å². The van der Waals surface area contributed by atoms with Crippen LogP contribution in [0, 0.1) is 0 Å². The maximum absolute atomic E-state index is 12.7. The van der Waals surface area contributed by atoms with Crippen molar-refractivity contribution in [2.24, 2.45) is 4.99 Å². The van der Waals surface area contributed by atoms with Gasteiger partial charge in [-0.25, -0.2) is 8.42 Å². The van der Waals surface area contributed by atoms with E-state index in [1.54, 1.807) is 0 Å². The molecule has 0 aromatic heterocycles. The van der Waals surface area contributed by atoms with Crippen molar-refractivity contribution in [3.63, 3.8) is 0 Å². The van der Waals surface area contributed by atoms with Crippen LogP contribution in [0.2, 0.25) is 0 Å². The summed E-state index contributed by atoms with van der Waals surface area (Å²) in [7, 11) is -3.40. The molecule has 1 aliphatic heterocycles. The molecule has 2 N–H and O–H groups in total. The number of hydrogen-bond donors (Lipinski definition) is 2. The predicted molar refractivity (Wildman–Crippen MR) is 133 cm³/mol. The van der Waals surface area contributed by atoms with Gasteiger partial charge in [0.15, 0.2) is 5.96 Å². The van der Waals surface area contributed by atoms with Crippen LogP contribution in [0.15, 0.2) is 59.6 Å². The number of aliphatic imine (C=N–C) groups is 1. The van der Waals surface area contributed by atoms with Crippen molar-refractivity contribution in [1.29, 1.82) is 0 Å². The Kier molecular flexibility index (Phi) is 9.70. The molecule has 7 nitrogen and oxygen atoms in total. The van der Waals surface area contributed by atoms with Crippen LogP contribution in [-0.2, 0) is 16.4 Å². The van der Waals surface area contributed by atoms with Crippen molar-refractivity contribution in [1.82, 2.24) is 10.6 Å². The molecule has 0 fully saturated rings. The number of sulfonamides is 1. The van der Waals surface area contributed by atoms with Gasteiger partial charge in [0.2, 0.25) is 10.0 Å². The molecule has 0 atom stereocenters. The molecule has 0 unspecified atom stereocenters. The average Bonchev–Trinajstić information content (AvgIpc) is 3.17. The minimum atomic E-state index is -3.40. The first-order chi connectivity index (χ1) is 14.1. The molecular formula is C21H29IN4O3S. The fraction of sp³-hybridized carbons (Fsp3) is 0.381. The number of rotatable bonds is 9. The molecule has 0 bridgehead atoms. The van der Waals surface area contributed by atoms with Crippen LogP contribution in [-0.4, -0.2) is 52.9 Å². The maximum Gasteiger partial charge on any atom is 0.237 e. The average molecular weight is 544 g/mol. The second-order valence-electron chi connectivity index (χ2n) is 6.62. The fourth-order valence-electron chi connectivity index (χ4n) is 3.18. The van der Waals surface area contributed by atoms with Crippen molar-refractivity contribution in [3.8, 4) is 5.75 Å². The van der Waals surface area contributed by atoms with Gasteiger partial charge in [-0.2, -0.15) is 0 Å². The topological polar surface area (TPSA) is 83.0 Å². The second kappa shape index (κ2) is 12.0. The summed E-state index contributed by atoms with van der Waals surface area (Å²) in [6, 6.07) is 17.2. The smallest absolute Gasteiger partial charge is 0.237 e. The summed E-state index contributed by atoms with van der Waals surface area (Å²) in [6.45, 7) is 4.40. The highest BCUT2D eigenvalue weighted by Gasteiger charge is 2.28. The molecule has 0 saturated heterocycles. The molecule has 0 amide bonds. The van der Waals surface area contributed by atoms with E-state index in [1.807, 2.05) is 61.5 Å². The van der Waals surface area contributed by atoms with Gasteiger partial charge >= 0.3 is 0 Å². The zero-order valence-electron chi connectivity index (χ0n) is 17.1. The standard InChI is InChI=1S/C21H28N4O3S.HI/c1-2-22-21(23-13-16-28-19-9-4-3-5-10-19)24-14-17-29(26,27)25-15-12-18-8-6-7-11-20(18)25;/h3-11H,2,12-17H2,1H3,(H2,22,23,24);1H. The number of halogens is 1. The zero-order chi connectivity index (χ0) is 20.5. The SMILES string of the molecule is CCNC(=NCCS(=O)(=O)N1CCc2ccccc21)NCCOc1ccccc1.I. The second-order valence-corrected chi connectivity index (χ2v) is 8.63. The zero-order valence-corrected chi connectivity index (χ0v) is 20.2. The van der Waals surface area contributed by atoms with E-state index in [1.165, 1.54) is 4.31 Å². The van der Waals surface area contributed by atoms with Gasteiger partial charge < -0.3 is 15.4 Å². The number of para-hydroxylation sites is 2. The first-order valence-corrected chi connectivity index (χ1v) is 11.5. The highest BCUT2D eigenvalue weighted by Crippen LogP contribution is 2.29. The van der Waals surface area contributed by atoms with E-state index in [0.29, 0.717) is 32.2 Å². The maximum atomic E-state index is 12.7. The molecule has 0 radical (unpaired) electrons. The Labute approximate surface area is 196 Å². The van der Waals surface area contributed by atoms with E-state index < -0.39 is 10.0 Å². The van der Waals surface area contributed by atoms with Gasteiger partial charge in [0.1, 0.15) is 12.4 Å². The van der Waals surface area contributed by atoms with Crippen molar-refractivity contribution >= 4 is 45.6 Å². The van der Waals surface area contributed by atoms with Crippen LogP contribution in [0.1, 0.15) is 12.5 Å². The van der Waals surface area contributed by atoms with Crippen molar-refractivity contribution < 1.29 is 13.2 Å². The minimum absolute atomic E-state index is 0. The van der Waals surface area contributed by atoms with Gasteiger partial charge in [-0.1, -0.05) is 36.4 Å². The molecule has 0 aliphatic carbocycles. The van der Waals surface area contributed by atoms with Gasteiger partial charge in [-0.15, -0.1) is 24.0 Å². The van der Waals surface area contributed by atoms with Crippen LogP contribution in [0.4, 0.5) is 5.69 Å². The molecule has 3 rings (SSSR count). The molecule has 2 aromatic rings. The summed E-state index contributed by atoms with van der Waals surface area (Å²) in [5.41, 5.74) is 1.87. The minimum Gasteiger partial charge on any atom is -0.492 e. The quantitative estimate of drug-likeness (QED) is 0.220. The molecule has 1 heterocycles. The Morgan fingerprint density at radius 2 is 1.83 bits per heavy atom. The fourth-order valence-corrected chi connectivity index (χ4v) is 4.57. The van der Waals surface area contributed by atoms with Gasteiger partial charge in [0.25, 0.3) is 0 Å². The third kappa shape index (κ3) is 6.76. The molecule has 1 aliphatic rings. The molecule has 0 spiro atoms.